The van der Waals surface area contributed by atoms with Gasteiger partial charge in [0.1, 0.15) is 11.4 Å². The van der Waals surface area contributed by atoms with Crippen LogP contribution in [0.25, 0.3) is 11.1 Å². The molecular weight excluding hydrogens is 395 g/mol. The zero-order chi connectivity index (χ0) is 20.5. The van der Waals surface area contributed by atoms with Gasteiger partial charge in [-0.25, -0.2) is 8.42 Å². The van der Waals surface area contributed by atoms with E-state index in [1.807, 2.05) is 5.10 Å². The highest BCUT2D eigenvalue weighted by Crippen LogP contribution is 2.41. The molecule has 148 valence electrons. The second-order valence-electron chi connectivity index (χ2n) is 5.92. The molecule has 0 saturated heterocycles. The van der Waals surface area contributed by atoms with Crippen molar-refractivity contribution in [2.45, 2.75) is 18.0 Å². The highest BCUT2D eigenvalue weighted by atomic mass is 32.2. The molecule has 10 heteroatoms. The van der Waals surface area contributed by atoms with Gasteiger partial charge in [-0.2, -0.15) is 18.3 Å². The van der Waals surface area contributed by atoms with Crippen molar-refractivity contribution in [2.24, 2.45) is 0 Å². The number of anilines is 1. The molecule has 0 bridgehead atoms. The topological polar surface area (TPSA) is 84.1 Å². The fraction of sp³-hybridized carbons (Fsp3) is 0.167. The minimum Gasteiger partial charge on any atom is -0.496 e. The fourth-order valence-corrected chi connectivity index (χ4v) is 3.76. The third-order valence-corrected chi connectivity index (χ3v) is 5.37. The Kier molecular flexibility index (Phi) is 5.07. The molecule has 1 heterocycles. The first-order valence-electron chi connectivity index (χ1n) is 8.02. The quantitative estimate of drug-likeness (QED) is 0.659. The number of benzene rings is 2. The van der Waals surface area contributed by atoms with Gasteiger partial charge in [0.25, 0.3) is 10.0 Å². The van der Waals surface area contributed by atoms with E-state index < -0.39 is 33.3 Å². The van der Waals surface area contributed by atoms with Gasteiger partial charge in [0.05, 0.1) is 17.6 Å². The van der Waals surface area contributed by atoms with Crippen LogP contribution in [0.2, 0.25) is 0 Å². The Hall–Kier alpha value is -3.01. The summed E-state index contributed by atoms with van der Waals surface area (Å²) >= 11 is 0. The third-order valence-electron chi connectivity index (χ3n) is 4.02. The summed E-state index contributed by atoms with van der Waals surface area (Å²) in [6, 6.07) is 11.7. The van der Waals surface area contributed by atoms with E-state index in [0.717, 1.165) is 0 Å². The normalized spacial score (nSPS) is 12.0. The van der Waals surface area contributed by atoms with Crippen LogP contribution in [-0.2, 0) is 16.2 Å². The Balaban J connectivity index is 2.13. The molecule has 0 amide bonds. The van der Waals surface area contributed by atoms with E-state index in [1.165, 1.54) is 49.6 Å². The number of rotatable bonds is 5. The van der Waals surface area contributed by atoms with Crippen LogP contribution in [0.1, 0.15) is 11.3 Å². The first-order chi connectivity index (χ1) is 13.1. The molecule has 1 aromatic heterocycles. The number of alkyl halides is 3. The second-order valence-corrected chi connectivity index (χ2v) is 7.61. The van der Waals surface area contributed by atoms with Crippen molar-refractivity contribution in [3.8, 4) is 16.9 Å². The van der Waals surface area contributed by atoms with Crippen molar-refractivity contribution in [1.29, 1.82) is 0 Å². The third kappa shape index (κ3) is 3.81. The number of aromatic amines is 1. The molecule has 0 fully saturated rings. The zero-order valence-electron chi connectivity index (χ0n) is 14.8. The molecule has 0 radical (unpaired) electrons. The van der Waals surface area contributed by atoms with Gasteiger partial charge >= 0.3 is 6.18 Å². The predicted octanol–water partition coefficient (Wildman–Crippen LogP) is 4.21. The monoisotopic (exact) mass is 411 g/mol. The van der Waals surface area contributed by atoms with E-state index >= 15 is 0 Å². The highest BCUT2D eigenvalue weighted by molar-refractivity contribution is 7.92. The second kappa shape index (κ2) is 7.19. The number of H-pyrrole nitrogens is 1. The van der Waals surface area contributed by atoms with E-state index in [-0.39, 0.29) is 10.5 Å². The first kappa shape index (κ1) is 19.7. The minimum atomic E-state index is -4.76. The van der Waals surface area contributed by atoms with Crippen LogP contribution in [0.15, 0.2) is 53.4 Å². The molecule has 3 rings (SSSR count). The standard InChI is InChI=1S/C18H16F3N3O3S/c1-11-10-12(8-9-14(11)27-2)15-16(18(19,20)21)22-23-17(15)24-28(25,26)13-6-4-3-5-7-13/h3-10H,1-2H3,(H2,22,23,24). The summed E-state index contributed by atoms with van der Waals surface area (Å²) < 4.78 is 72.8. The number of aromatic nitrogens is 2. The van der Waals surface area contributed by atoms with Crippen LogP contribution < -0.4 is 9.46 Å². The van der Waals surface area contributed by atoms with E-state index in [9.17, 15) is 21.6 Å². The summed E-state index contributed by atoms with van der Waals surface area (Å²) in [6.07, 6.45) is -4.76. The van der Waals surface area contributed by atoms with Crippen LogP contribution in [-0.4, -0.2) is 25.7 Å². The van der Waals surface area contributed by atoms with Gasteiger partial charge in [-0.15, -0.1) is 0 Å². The van der Waals surface area contributed by atoms with E-state index in [2.05, 4.69) is 9.82 Å². The van der Waals surface area contributed by atoms with Crippen LogP contribution >= 0.6 is 0 Å². The lowest BCUT2D eigenvalue weighted by Gasteiger charge is -2.12. The number of ether oxygens (including phenoxy) is 1. The highest BCUT2D eigenvalue weighted by Gasteiger charge is 2.38. The van der Waals surface area contributed by atoms with Gasteiger partial charge in [-0.3, -0.25) is 9.82 Å². The number of nitrogens with one attached hydrogen (secondary N) is 2. The van der Waals surface area contributed by atoms with Gasteiger partial charge in [-0.05, 0) is 42.3 Å². The van der Waals surface area contributed by atoms with Crippen molar-refractivity contribution in [1.82, 2.24) is 10.2 Å². The summed E-state index contributed by atoms with van der Waals surface area (Å²) in [7, 11) is -2.68. The summed E-state index contributed by atoms with van der Waals surface area (Å²) in [5.74, 6) is 0.0490. The molecule has 28 heavy (non-hydrogen) atoms. The Morgan fingerprint density at radius 3 is 2.36 bits per heavy atom. The Morgan fingerprint density at radius 2 is 1.79 bits per heavy atom. The van der Waals surface area contributed by atoms with E-state index in [1.54, 1.807) is 13.0 Å². The molecule has 0 spiro atoms. The maximum atomic E-state index is 13.5. The molecule has 0 saturated carbocycles. The molecule has 2 aromatic carbocycles. The van der Waals surface area contributed by atoms with Crippen LogP contribution in [0.5, 0.6) is 5.75 Å². The molecule has 2 N–H and O–H groups in total. The summed E-state index contributed by atoms with van der Waals surface area (Å²) in [5.41, 5.74) is -0.808. The molecule has 0 aliphatic heterocycles. The van der Waals surface area contributed by atoms with Crippen molar-refractivity contribution >= 4 is 15.8 Å². The Morgan fingerprint density at radius 1 is 1.11 bits per heavy atom. The molecule has 0 aliphatic rings. The summed E-state index contributed by atoms with van der Waals surface area (Å²) in [5, 5.41) is 5.48. The van der Waals surface area contributed by atoms with Crippen LogP contribution in [0.4, 0.5) is 19.0 Å². The van der Waals surface area contributed by atoms with Gasteiger partial charge in [0, 0.05) is 0 Å². The maximum absolute atomic E-state index is 13.5. The molecule has 3 aromatic rings. The lowest BCUT2D eigenvalue weighted by Crippen LogP contribution is -2.14. The number of sulfonamides is 1. The number of nitrogens with zero attached hydrogens (tertiary/aromatic N) is 1. The largest absolute Gasteiger partial charge is 0.496 e. The van der Waals surface area contributed by atoms with Crippen molar-refractivity contribution in [3.05, 3.63) is 59.8 Å². The van der Waals surface area contributed by atoms with Gasteiger partial charge < -0.3 is 4.74 Å². The maximum Gasteiger partial charge on any atom is 0.433 e. The number of methoxy groups -OCH3 is 1. The number of hydrogen-bond donors (Lipinski definition) is 2. The number of hydrogen-bond acceptors (Lipinski definition) is 4. The molecule has 0 unspecified atom stereocenters. The SMILES string of the molecule is COc1ccc(-c2c(NS(=O)(=O)c3ccccc3)n[nH]c2C(F)(F)F)cc1C. The lowest BCUT2D eigenvalue weighted by molar-refractivity contribution is -0.140. The molecular formula is C18H16F3N3O3S. The summed E-state index contributed by atoms with van der Waals surface area (Å²) in [4.78, 5) is -0.0941. The van der Waals surface area contributed by atoms with E-state index in [4.69, 9.17) is 4.74 Å². The average molecular weight is 411 g/mol. The first-order valence-corrected chi connectivity index (χ1v) is 9.50. The van der Waals surface area contributed by atoms with Gasteiger partial charge in [0.15, 0.2) is 5.82 Å². The van der Waals surface area contributed by atoms with Crippen molar-refractivity contribution in [3.63, 3.8) is 0 Å². The minimum absolute atomic E-state index is 0.0941. The Bertz CT molecular complexity index is 1090. The van der Waals surface area contributed by atoms with Crippen molar-refractivity contribution in [2.75, 3.05) is 11.8 Å². The predicted molar refractivity (Wildman–Crippen MR) is 97.6 cm³/mol. The zero-order valence-corrected chi connectivity index (χ0v) is 15.6. The number of halogens is 3. The number of aryl methyl sites for hydroxylation is 1. The molecule has 6 nitrogen and oxygen atoms in total. The fourth-order valence-electron chi connectivity index (χ4n) is 2.72. The molecule has 0 atom stereocenters. The van der Waals surface area contributed by atoms with Crippen LogP contribution in [0, 0.1) is 6.92 Å². The average Bonchev–Trinajstić information content (AvgIpc) is 3.05. The Labute approximate surface area is 159 Å². The van der Waals surface area contributed by atoms with Gasteiger partial charge in [-0.1, -0.05) is 24.3 Å². The van der Waals surface area contributed by atoms with Crippen molar-refractivity contribution < 1.29 is 26.3 Å². The lowest BCUT2D eigenvalue weighted by atomic mass is 10.0. The smallest absolute Gasteiger partial charge is 0.433 e. The van der Waals surface area contributed by atoms with Gasteiger partial charge in [0.2, 0.25) is 0 Å². The van der Waals surface area contributed by atoms with E-state index in [0.29, 0.717) is 11.3 Å². The molecule has 0 aliphatic carbocycles. The summed E-state index contributed by atoms with van der Waals surface area (Å²) in [6.45, 7) is 1.67. The van der Waals surface area contributed by atoms with Crippen LogP contribution in [0.3, 0.4) is 0 Å².